The molecule has 0 aliphatic rings. The van der Waals surface area contributed by atoms with Gasteiger partial charge in [-0.3, -0.25) is 5.43 Å². The van der Waals surface area contributed by atoms with Gasteiger partial charge < -0.3 is 4.57 Å². The Kier molecular flexibility index (Phi) is 5.83. The normalized spacial score (nSPS) is 11.3. The lowest BCUT2D eigenvalue weighted by atomic mass is 10.2. The molecule has 3 nitrogen and oxygen atoms in total. The van der Waals surface area contributed by atoms with E-state index >= 15 is 0 Å². The van der Waals surface area contributed by atoms with Crippen LogP contribution < -0.4 is 5.43 Å². The molecule has 3 aromatic rings. The number of anilines is 1. The van der Waals surface area contributed by atoms with E-state index in [4.69, 9.17) is 46.4 Å². The van der Waals surface area contributed by atoms with E-state index in [-0.39, 0.29) is 0 Å². The van der Waals surface area contributed by atoms with Gasteiger partial charge in [-0.15, -0.1) is 0 Å². The van der Waals surface area contributed by atoms with E-state index in [9.17, 15) is 0 Å². The SMILES string of the molecule is Cc1cc(C=NNc2c(Cl)cc(Cl)cc2Cl)c(C)n1-c1ccccc1Cl. The van der Waals surface area contributed by atoms with Crippen LogP contribution in [0, 0.1) is 13.8 Å². The number of hydrazone groups is 1. The second-order valence-electron chi connectivity index (χ2n) is 5.73. The van der Waals surface area contributed by atoms with Crippen molar-refractivity contribution in [1.82, 2.24) is 4.57 Å². The summed E-state index contributed by atoms with van der Waals surface area (Å²) < 4.78 is 2.09. The van der Waals surface area contributed by atoms with Gasteiger partial charge in [0.2, 0.25) is 0 Å². The number of aromatic nitrogens is 1. The molecule has 3 rings (SSSR count). The molecule has 1 N–H and O–H groups in total. The second kappa shape index (κ2) is 7.93. The first-order valence-corrected chi connectivity index (χ1v) is 9.27. The van der Waals surface area contributed by atoms with E-state index in [1.54, 1.807) is 18.3 Å². The molecule has 0 aliphatic heterocycles. The van der Waals surface area contributed by atoms with E-state index in [0.717, 1.165) is 22.6 Å². The fraction of sp³-hybridized carbons (Fsp3) is 0.105. The van der Waals surface area contributed by atoms with Crippen molar-refractivity contribution in [2.75, 3.05) is 5.43 Å². The van der Waals surface area contributed by atoms with E-state index in [2.05, 4.69) is 15.1 Å². The number of para-hydroxylation sites is 1. The maximum atomic E-state index is 6.34. The summed E-state index contributed by atoms with van der Waals surface area (Å²) in [6, 6.07) is 13.0. The molecule has 0 bridgehead atoms. The first-order valence-electron chi connectivity index (χ1n) is 7.76. The van der Waals surface area contributed by atoms with Crippen LogP contribution in [0.25, 0.3) is 5.69 Å². The van der Waals surface area contributed by atoms with Gasteiger partial charge in [0.05, 0.1) is 32.7 Å². The fourth-order valence-electron chi connectivity index (χ4n) is 2.74. The van der Waals surface area contributed by atoms with Crippen LogP contribution in [0.15, 0.2) is 47.6 Å². The van der Waals surface area contributed by atoms with Crippen LogP contribution >= 0.6 is 46.4 Å². The molecule has 26 heavy (non-hydrogen) atoms. The summed E-state index contributed by atoms with van der Waals surface area (Å²) in [6.45, 7) is 4.04. The van der Waals surface area contributed by atoms with Crippen LogP contribution in [0.1, 0.15) is 17.0 Å². The van der Waals surface area contributed by atoms with E-state index in [0.29, 0.717) is 25.8 Å². The first kappa shape index (κ1) is 19.1. The Morgan fingerprint density at radius 1 is 0.923 bits per heavy atom. The van der Waals surface area contributed by atoms with E-state index < -0.39 is 0 Å². The summed E-state index contributed by atoms with van der Waals surface area (Å²) in [6.07, 6.45) is 1.72. The smallest absolute Gasteiger partial charge is 0.0935 e. The summed E-state index contributed by atoms with van der Waals surface area (Å²) in [4.78, 5) is 0. The van der Waals surface area contributed by atoms with Crippen LogP contribution in [0.5, 0.6) is 0 Å². The predicted molar refractivity (Wildman–Crippen MR) is 113 cm³/mol. The van der Waals surface area contributed by atoms with Gasteiger partial charge in [0.25, 0.3) is 0 Å². The predicted octanol–water partition coefficient (Wildman–Crippen LogP) is 7.15. The monoisotopic (exact) mass is 425 g/mol. The fourth-order valence-corrected chi connectivity index (χ4v) is 3.86. The van der Waals surface area contributed by atoms with Gasteiger partial charge in [-0.05, 0) is 44.2 Å². The molecular weight excluding hydrogens is 412 g/mol. The molecule has 0 spiro atoms. The number of benzene rings is 2. The van der Waals surface area contributed by atoms with Crippen molar-refractivity contribution in [3.8, 4) is 5.69 Å². The Morgan fingerprint density at radius 3 is 2.23 bits per heavy atom. The first-order chi connectivity index (χ1) is 12.4. The zero-order valence-electron chi connectivity index (χ0n) is 14.0. The van der Waals surface area contributed by atoms with Crippen LogP contribution in [0.4, 0.5) is 5.69 Å². The highest BCUT2D eigenvalue weighted by Crippen LogP contribution is 2.33. The molecule has 0 saturated carbocycles. The summed E-state index contributed by atoms with van der Waals surface area (Å²) in [5.74, 6) is 0. The van der Waals surface area contributed by atoms with Gasteiger partial charge >= 0.3 is 0 Å². The van der Waals surface area contributed by atoms with E-state index in [1.165, 1.54) is 0 Å². The number of hydrogen-bond donors (Lipinski definition) is 1. The lowest BCUT2D eigenvalue weighted by Gasteiger charge is -2.11. The minimum absolute atomic E-state index is 0.404. The molecule has 0 radical (unpaired) electrons. The van der Waals surface area contributed by atoms with Gasteiger partial charge in [-0.2, -0.15) is 5.10 Å². The number of nitrogens with one attached hydrogen (secondary N) is 1. The molecule has 2 aromatic carbocycles. The molecular formula is C19H15Cl4N3. The highest BCUT2D eigenvalue weighted by molar-refractivity contribution is 6.41. The van der Waals surface area contributed by atoms with Crippen molar-refractivity contribution in [3.63, 3.8) is 0 Å². The standard InChI is InChI=1S/C19H15Cl4N3/c1-11-7-13(12(2)26(11)18-6-4-3-5-15(18)21)10-24-25-19-16(22)8-14(20)9-17(19)23/h3-10,25H,1-2H3. The number of rotatable bonds is 4. The molecule has 0 saturated heterocycles. The Hall–Kier alpha value is -1.65. The minimum Gasteiger partial charge on any atom is -0.316 e. The van der Waals surface area contributed by atoms with Gasteiger partial charge in [0.15, 0.2) is 0 Å². The zero-order chi connectivity index (χ0) is 18.8. The summed E-state index contributed by atoms with van der Waals surface area (Å²) in [7, 11) is 0. The van der Waals surface area contributed by atoms with E-state index in [1.807, 2.05) is 44.2 Å². The van der Waals surface area contributed by atoms with Crippen LogP contribution in [-0.4, -0.2) is 10.8 Å². The Morgan fingerprint density at radius 2 is 1.58 bits per heavy atom. The third-order valence-corrected chi connectivity index (χ3v) is 5.08. The van der Waals surface area contributed by atoms with Crippen molar-refractivity contribution < 1.29 is 0 Å². The van der Waals surface area contributed by atoms with Crippen molar-refractivity contribution in [1.29, 1.82) is 0 Å². The van der Waals surface area contributed by atoms with Crippen molar-refractivity contribution >= 4 is 58.3 Å². The zero-order valence-corrected chi connectivity index (χ0v) is 17.0. The maximum absolute atomic E-state index is 6.34. The Balaban J connectivity index is 1.89. The number of hydrogen-bond acceptors (Lipinski definition) is 2. The molecule has 0 amide bonds. The minimum atomic E-state index is 0.404. The van der Waals surface area contributed by atoms with Crippen molar-refractivity contribution in [3.05, 3.63) is 79.5 Å². The lowest BCUT2D eigenvalue weighted by molar-refractivity contribution is 0.965. The topological polar surface area (TPSA) is 29.3 Å². The average molecular weight is 427 g/mol. The van der Waals surface area contributed by atoms with Gasteiger partial charge in [-0.1, -0.05) is 58.5 Å². The largest absolute Gasteiger partial charge is 0.316 e. The highest BCUT2D eigenvalue weighted by atomic mass is 35.5. The Bertz CT molecular complexity index is 969. The number of aryl methyl sites for hydroxylation is 1. The second-order valence-corrected chi connectivity index (χ2v) is 7.39. The van der Waals surface area contributed by atoms with Crippen molar-refractivity contribution in [2.45, 2.75) is 13.8 Å². The highest BCUT2D eigenvalue weighted by Gasteiger charge is 2.12. The van der Waals surface area contributed by atoms with Crippen LogP contribution in [-0.2, 0) is 0 Å². The van der Waals surface area contributed by atoms with Crippen LogP contribution in [0.2, 0.25) is 20.1 Å². The molecule has 1 aromatic heterocycles. The van der Waals surface area contributed by atoms with Gasteiger partial charge in [-0.25, -0.2) is 0 Å². The Labute approximate surface area is 172 Å². The lowest BCUT2D eigenvalue weighted by Crippen LogP contribution is -2.00. The molecule has 0 unspecified atom stereocenters. The molecule has 0 fully saturated rings. The molecule has 134 valence electrons. The average Bonchev–Trinajstić information content (AvgIpc) is 2.85. The van der Waals surface area contributed by atoms with Crippen molar-refractivity contribution in [2.24, 2.45) is 5.10 Å². The van der Waals surface area contributed by atoms with Gasteiger partial charge in [0.1, 0.15) is 0 Å². The number of nitrogens with zero attached hydrogens (tertiary/aromatic N) is 2. The number of halogens is 4. The third kappa shape index (κ3) is 3.86. The molecule has 7 heteroatoms. The summed E-state index contributed by atoms with van der Waals surface area (Å²) >= 11 is 24.6. The molecule has 0 aliphatic carbocycles. The summed E-state index contributed by atoms with van der Waals surface area (Å²) in [5, 5.41) is 6.23. The third-order valence-electron chi connectivity index (χ3n) is 3.95. The van der Waals surface area contributed by atoms with Crippen LogP contribution in [0.3, 0.4) is 0 Å². The van der Waals surface area contributed by atoms with Gasteiger partial charge in [0, 0.05) is 22.0 Å². The molecule has 0 atom stereocenters. The summed E-state index contributed by atoms with van der Waals surface area (Å²) in [5.41, 5.74) is 7.35. The maximum Gasteiger partial charge on any atom is 0.0935 e. The quantitative estimate of drug-likeness (QED) is 0.348. The molecule has 1 heterocycles.